The van der Waals surface area contributed by atoms with E-state index in [0.29, 0.717) is 0 Å². The first-order valence-electron chi connectivity index (χ1n) is 6.77. The lowest BCUT2D eigenvalue weighted by Crippen LogP contribution is -2.32. The molecule has 0 aromatic heterocycles. The number of rotatable bonds is 6. The fourth-order valence-corrected chi connectivity index (χ4v) is 2.33. The van der Waals surface area contributed by atoms with Gasteiger partial charge in [0.05, 0.1) is 6.04 Å². The molecule has 5 nitrogen and oxygen atoms in total. The number of hydrogen-bond acceptors (Lipinski definition) is 4. The maximum Gasteiger partial charge on any atom is 0.123 e. The lowest BCUT2D eigenvalue weighted by molar-refractivity contribution is 0.201. The van der Waals surface area contributed by atoms with Gasteiger partial charge < -0.3 is 11.1 Å². The Hall–Kier alpha value is -2.18. The molecular weight excluding hydrogens is 269 g/mol. The van der Waals surface area contributed by atoms with E-state index in [-0.39, 0.29) is 11.9 Å². The fraction of sp³-hybridized carbons (Fsp3) is 0.267. The molecule has 2 aromatic carbocycles. The van der Waals surface area contributed by atoms with Crippen molar-refractivity contribution in [2.24, 2.45) is 16.7 Å². The summed E-state index contributed by atoms with van der Waals surface area (Å²) < 4.78 is 13.2. The summed E-state index contributed by atoms with van der Waals surface area (Å²) in [4.78, 5) is 0. The molecule has 5 N–H and O–H groups in total. The molecule has 0 spiro atoms. The predicted molar refractivity (Wildman–Crippen MR) is 83.9 cm³/mol. The number of hydrazone groups is 1. The third kappa shape index (κ3) is 3.68. The highest BCUT2D eigenvalue weighted by Gasteiger charge is 2.16. The van der Waals surface area contributed by atoms with E-state index in [1.807, 2.05) is 25.2 Å². The Morgan fingerprint density at radius 2 is 2.00 bits per heavy atom. The van der Waals surface area contributed by atoms with Crippen molar-refractivity contribution in [3.63, 3.8) is 0 Å². The monoisotopic (exact) mass is 289 g/mol. The number of halogens is 1. The van der Waals surface area contributed by atoms with E-state index in [4.69, 9.17) is 11.6 Å². The SMILES string of the molecule is CNCCC(c1ccc2cc(F)ccc2c1)N(N)/N=C\N. The third-order valence-corrected chi connectivity index (χ3v) is 3.40. The largest absolute Gasteiger partial charge is 0.388 e. The van der Waals surface area contributed by atoms with Crippen molar-refractivity contribution in [1.82, 2.24) is 10.4 Å². The highest BCUT2D eigenvalue weighted by molar-refractivity contribution is 5.83. The van der Waals surface area contributed by atoms with Gasteiger partial charge in [0, 0.05) is 0 Å². The van der Waals surface area contributed by atoms with Gasteiger partial charge in [0.15, 0.2) is 0 Å². The second-order valence-electron chi connectivity index (χ2n) is 4.80. The molecule has 2 aromatic rings. The van der Waals surface area contributed by atoms with Crippen LogP contribution in [0.2, 0.25) is 0 Å². The molecule has 0 fully saturated rings. The average molecular weight is 289 g/mol. The smallest absolute Gasteiger partial charge is 0.123 e. The van der Waals surface area contributed by atoms with Crippen LogP contribution in [0.1, 0.15) is 18.0 Å². The van der Waals surface area contributed by atoms with E-state index in [1.54, 1.807) is 6.07 Å². The number of nitrogens with zero attached hydrogens (tertiary/aromatic N) is 2. The van der Waals surface area contributed by atoms with Gasteiger partial charge in [-0.2, -0.15) is 5.10 Å². The second kappa shape index (κ2) is 7.01. The molecule has 0 saturated heterocycles. The quantitative estimate of drug-likeness (QED) is 0.327. The van der Waals surface area contributed by atoms with Crippen LogP contribution in [0.25, 0.3) is 10.8 Å². The van der Waals surface area contributed by atoms with Gasteiger partial charge in [-0.1, -0.05) is 18.2 Å². The van der Waals surface area contributed by atoms with Crippen molar-refractivity contribution in [1.29, 1.82) is 0 Å². The van der Waals surface area contributed by atoms with Gasteiger partial charge in [0.2, 0.25) is 0 Å². The van der Waals surface area contributed by atoms with Crippen LogP contribution >= 0.6 is 0 Å². The van der Waals surface area contributed by atoms with Crippen LogP contribution in [-0.2, 0) is 0 Å². The Kier molecular flexibility index (Phi) is 5.08. The molecule has 21 heavy (non-hydrogen) atoms. The van der Waals surface area contributed by atoms with Crippen LogP contribution in [0.15, 0.2) is 41.5 Å². The van der Waals surface area contributed by atoms with E-state index in [2.05, 4.69) is 10.4 Å². The predicted octanol–water partition coefficient (Wildman–Crippen LogP) is 1.71. The van der Waals surface area contributed by atoms with E-state index >= 15 is 0 Å². The maximum absolute atomic E-state index is 13.2. The molecule has 112 valence electrons. The number of nitrogens with one attached hydrogen (secondary N) is 1. The zero-order valence-electron chi connectivity index (χ0n) is 12.0. The summed E-state index contributed by atoms with van der Waals surface area (Å²) >= 11 is 0. The zero-order valence-corrected chi connectivity index (χ0v) is 12.0. The van der Waals surface area contributed by atoms with Crippen LogP contribution in [0.3, 0.4) is 0 Å². The minimum absolute atomic E-state index is 0.105. The molecule has 0 aliphatic heterocycles. The summed E-state index contributed by atoms with van der Waals surface area (Å²) in [6.45, 7) is 0.792. The van der Waals surface area contributed by atoms with Crippen LogP contribution < -0.4 is 16.9 Å². The molecule has 0 radical (unpaired) electrons. The van der Waals surface area contributed by atoms with Crippen molar-refractivity contribution in [2.45, 2.75) is 12.5 Å². The van der Waals surface area contributed by atoms with Gasteiger partial charge >= 0.3 is 0 Å². The topological polar surface area (TPSA) is 79.7 Å². The first-order chi connectivity index (χ1) is 10.2. The Morgan fingerprint density at radius 1 is 1.29 bits per heavy atom. The van der Waals surface area contributed by atoms with Crippen molar-refractivity contribution in [2.75, 3.05) is 13.6 Å². The van der Waals surface area contributed by atoms with E-state index in [1.165, 1.54) is 23.6 Å². The van der Waals surface area contributed by atoms with Gasteiger partial charge in [-0.3, -0.25) is 0 Å². The number of benzene rings is 2. The molecule has 1 atom stereocenters. The Morgan fingerprint density at radius 3 is 2.71 bits per heavy atom. The standard InChI is InChI=1S/C15H20FN5/c1-19-7-6-15(21(18)20-10-17)13-3-2-12-9-14(16)5-4-11(12)8-13/h2-5,8-10,15,19H,6-7,18H2,1H3,(H2,17,20). The molecule has 0 aliphatic carbocycles. The molecule has 0 aliphatic rings. The molecule has 0 amide bonds. The van der Waals surface area contributed by atoms with Crippen molar-refractivity contribution >= 4 is 17.1 Å². The van der Waals surface area contributed by atoms with Gasteiger partial charge in [0.1, 0.15) is 12.2 Å². The lowest BCUT2D eigenvalue weighted by atomic mass is 10.00. The van der Waals surface area contributed by atoms with Gasteiger partial charge in [-0.05, 0) is 54.5 Å². The molecule has 6 heteroatoms. The van der Waals surface area contributed by atoms with Gasteiger partial charge in [-0.25, -0.2) is 15.4 Å². The summed E-state index contributed by atoms with van der Waals surface area (Å²) in [6, 6.07) is 10.4. The van der Waals surface area contributed by atoms with E-state index < -0.39 is 0 Å². The van der Waals surface area contributed by atoms with Crippen LogP contribution in [0.5, 0.6) is 0 Å². The number of hydrazine groups is 1. The van der Waals surface area contributed by atoms with Crippen molar-refractivity contribution in [3.05, 3.63) is 47.8 Å². The van der Waals surface area contributed by atoms with Crippen LogP contribution in [0.4, 0.5) is 4.39 Å². The van der Waals surface area contributed by atoms with E-state index in [0.717, 1.165) is 29.3 Å². The summed E-state index contributed by atoms with van der Waals surface area (Å²) in [6.07, 6.45) is 1.94. The molecule has 0 saturated carbocycles. The molecule has 2 rings (SSSR count). The highest BCUT2D eigenvalue weighted by Crippen LogP contribution is 2.26. The zero-order chi connectivity index (χ0) is 15.2. The molecular formula is C15H20FN5. The van der Waals surface area contributed by atoms with Crippen LogP contribution in [-0.4, -0.2) is 25.0 Å². The Labute approximate surface area is 123 Å². The number of fused-ring (bicyclic) bond motifs is 1. The first kappa shape index (κ1) is 15.2. The fourth-order valence-electron chi connectivity index (χ4n) is 2.33. The Bertz CT molecular complexity index is 628. The second-order valence-corrected chi connectivity index (χ2v) is 4.80. The molecule has 1 unspecified atom stereocenters. The van der Waals surface area contributed by atoms with Crippen LogP contribution in [0, 0.1) is 5.82 Å². The lowest BCUT2D eigenvalue weighted by Gasteiger charge is -2.25. The van der Waals surface area contributed by atoms with Gasteiger partial charge in [0.25, 0.3) is 0 Å². The summed E-state index contributed by atoms with van der Waals surface area (Å²) in [5.74, 6) is 5.70. The summed E-state index contributed by atoms with van der Waals surface area (Å²) in [5.41, 5.74) is 6.32. The highest BCUT2D eigenvalue weighted by atomic mass is 19.1. The minimum atomic E-state index is -0.241. The maximum atomic E-state index is 13.2. The summed E-state index contributed by atoms with van der Waals surface area (Å²) in [5, 5.41) is 10.2. The average Bonchev–Trinajstić information content (AvgIpc) is 2.48. The molecule has 0 bridgehead atoms. The minimum Gasteiger partial charge on any atom is -0.388 e. The van der Waals surface area contributed by atoms with Gasteiger partial charge in [-0.15, -0.1) is 0 Å². The number of nitrogens with two attached hydrogens (primary N) is 2. The Balaban J connectivity index is 2.36. The molecule has 0 heterocycles. The number of hydrogen-bond donors (Lipinski definition) is 3. The third-order valence-electron chi connectivity index (χ3n) is 3.40. The van der Waals surface area contributed by atoms with Crippen molar-refractivity contribution in [3.8, 4) is 0 Å². The van der Waals surface area contributed by atoms with E-state index in [9.17, 15) is 4.39 Å². The van der Waals surface area contributed by atoms with Crippen molar-refractivity contribution < 1.29 is 4.39 Å². The summed E-state index contributed by atoms with van der Waals surface area (Å²) in [7, 11) is 1.88. The normalized spacial score (nSPS) is 12.9. The first-order valence-corrected chi connectivity index (χ1v) is 6.77.